The van der Waals surface area contributed by atoms with Gasteiger partial charge in [-0.2, -0.15) is 0 Å². The summed E-state index contributed by atoms with van der Waals surface area (Å²) < 4.78 is 0. The highest BCUT2D eigenvalue weighted by Gasteiger charge is 2.51. The largest absolute Gasteiger partial charge is 0.359 e. The van der Waals surface area contributed by atoms with Gasteiger partial charge in [0.05, 0.1) is 56.7 Å². The summed E-state index contributed by atoms with van der Waals surface area (Å²) >= 11 is 0. The summed E-state index contributed by atoms with van der Waals surface area (Å²) in [5, 5.41) is 10.8. The lowest BCUT2D eigenvalue weighted by molar-refractivity contribution is -0.132. The third kappa shape index (κ3) is 16.4. The van der Waals surface area contributed by atoms with E-state index < -0.39 is 21.7 Å². The molecule has 8 atom stereocenters. The Bertz CT molecular complexity index is 2500. The Morgan fingerprint density at radius 3 is 1.19 bits per heavy atom. The Morgan fingerprint density at radius 1 is 0.412 bits per heavy atom. The third-order valence-electron chi connectivity index (χ3n) is 16.3. The zero-order chi connectivity index (χ0) is 64.8. The standard InChI is InChI=1S/4C14H19N3O2.4C2H6.CH4/c1-9-14(3,13(19)15-4)7-11-8-16-6-5-12(11)17(9)10(2)18;1-9-14(3,13(19)15-4)7-11-5-6-16-8-12(11)17(9)10(2)18;1-9-14(3,13(19)15-4)8-11-12(6-5-7-16-11)17(9)10(2)18;1-9-14(3,13(19)15-4)8-11-6-5-7-16-12(11)17(9)10(2)18;4*1-2;/h2*5-6,8-9H,7H2,1-4H3,(H,15,19);2*5-7,9H,8H2,1-4H3,(H,15,19);4*1-2H3;1H4/t4*9-,14-;;;;;/m0000...../s1. The highest BCUT2D eigenvalue weighted by atomic mass is 16.2. The second kappa shape index (κ2) is 34.3. The number of nitrogens with one attached hydrogen (secondary N) is 4. The molecule has 4 aromatic heterocycles. The van der Waals surface area contributed by atoms with Gasteiger partial charge in [0.15, 0.2) is 0 Å². The Balaban J connectivity index is 0.00000106. The van der Waals surface area contributed by atoms with Crippen molar-refractivity contribution in [1.29, 1.82) is 0 Å². The predicted molar refractivity (Wildman–Crippen MR) is 343 cm³/mol. The summed E-state index contributed by atoms with van der Waals surface area (Å²) in [6, 6.07) is 10.3. The maximum atomic E-state index is 12.2. The first-order valence-electron chi connectivity index (χ1n) is 29.5. The molecular weight excluding hydrogens is 1080 g/mol. The van der Waals surface area contributed by atoms with Crippen molar-refractivity contribution in [3.8, 4) is 0 Å². The van der Waals surface area contributed by atoms with Crippen LogP contribution in [0.5, 0.6) is 0 Å². The maximum Gasteiger partial charge on any atom is 0.228 e. The number of amides is 8. The molecule has 85 heavy (non-hydrogen) atoms. The number of nitrogens with zero attached hydrogens (tertiary/aromatic N) is 8. The van der Waals surface area contributed by atoms with E-state index in [0.717, 1.165) is 39.4 Å². The van der Waals surface area contributed by atoms with Gasteiger partial charge in [-0.25, -0.2) is 4.98 Å². The molecule has 0 saturated heterocycles. The number of hydrogen-bond acceptors (Lipinski definition) is 12. The first-order valence-corrected chi connectivity index (χ1v) is 29.5. The summed E-state index contributed by atoms with van der Waals surface area (Å²) in [6.45, 7) is 37.3. The van der Waals surface area contributed by atoms with Crippen molar-refractivity contribution in [2.24, 2.45) is 21.7 Å². The molecule has 0 aromatic carbocycles. The van der Waals surface area contributed by atoms with Gasteiger partial charge in [0.25, 0.3) is 0 Å². The first kappa shape index (κ1) is 77.4. The number of carbonyl (C=O) groups is 8. The average Bonchev–Trinajstić information content (AvgIpc) is 1.32. The Labute approximate surface area is 508 Å². The van der Waals surface area contributed by atoms with Gasteiger partial charge in [-0.05, 0) is 122 Å². The van der Waals surface area contributed by atoms with Crippen LogP contribution >= 0.6 is 0 Å². The summed E-state index contributed by atoms with van der Waals surface area (Å²) in [5.41, 5.74) is 3.54. The zero-order valence-corrected chi connectivity index (χ0v) is 54.9. The van der Waals surface area contributed by atoms with E-state index in [2.05, 4.69) is 41.2 Å². The lowest BCUT2D eigenvalue weighted by Crippen LogP contribution is -2.57. The maximum absolute atomic E-state index is 12.2. The molecule has 20 heteroatoms. The molecule has 0 radical (unpaired) electrons. The fourth-order valence-corrected chi connectivity index (χ4v) is 11.2. The molecule has 0 saturated carbocycles. The van der Waals surface area contributed by atoms with Crippen molar-refractivity contribution in [2.45, 2.75) is 196 Å². The molecule has 4 N–H and O–H groups in total. The van der Waals surface area contributed by atoms with Gasteiger partial charge in [-0.15, -0.1) is 0 Å². The molecule has 472 valence electrons. The van der Waals surface area contributed by atoms with E-state index in [1.54, 1.807) is 85.0 Å². The summed E-state index contributed by atoms with van der Waals surface area (Å²) in [4.78, 5) is 120. The average molecular weight is 1180 g/mol. The van der Waals surface area contributed by atoms with Gasteiger partial charge in [-0.1, -0.05) is 68.9 Å². The molecule has 0 spiro atoms. The molecule has 4 aliphatic rings. The van der Waals surface area contributed by atoms with E-state index in [1.165, 1.54) is 27.7 Å². The lowest BCUT2D eigenvalue weighted by atomic mass is 9.73. The van der Waals surface area contributed by atoms with Crippen LogP contribution in [0.3, 0.4) is 0 Å². The minimum Gasteiger partial charge on any atom is -0.359 e. The number of anilines is 4. The second-order valence-corrected chi connectivity index (χ2v) is 20.9. The van der Waals surface area contributed by atoms with Crippen LogP contribution in [-0.2, 0) is 64.0 Å². The molecule has 0 unspecified atom stereocenters. The third-order valence-corrected chi connectivity index (χ3v) is 16.3. The van der Waals surface area contributed by atoms with E-state index in [9.17, 15) is 38.4 Å². The topological polar surface area (TPSA) is 249 Å². The number of carbonyl (C=O) groups excluding carboxylic acids is 8. The molecule has 20 nitrogen and oxygen atoms in total. The normalized spacial score (nSPS) is 23.2. The van der Waals surface area contributed by atoms with Gasteiger partial charge >= 0.3 is 0 Å². The SMILES string of the molecule is C.CC.CC.CC.CC.CNC(=O)[C@@]1(C)Cc2cccnc2N(C(C)=O)[C@H]1C.CNC(=O)[C@@]1(C)Cc2ccncc2N(C(C)=O)[C@H]1C.CNC(=O)[C@@]1(C)Cc2cnccc2N(C(C)=O)[C@H]1C.CNC(=O)[C@@]1(C)Cc2ncccc2N(C(C)=O)[C@H]1C. The number of hydrogen-bond donors (Lipinski definition) is 4. The smallest absolute Gasteiger partial charge is 0.228 e. The molecule has 4 aliphatic heterocycles. The van der Waals surface area contributed by atoms with Crippen molar-refractivity contribution < 1.29 is 38.4 Å². The molecule has 0 bridgehead atoms. The highest BCUT2D eigenvalue weighted by molar-refractivity contribution is 5.99. The lowest BCUT2D eigenvalue weighted by Gasteiger charge is -2.45. The van der Waals surface area contributed by atoms with Crippen LogP contribution in [0.4, 0.5) is 22.9 Å². The predicted octanol–water partition coefficient (Wildman–Crippen LogP) is 9.27. The van der Waals surface area contributed by atoms with Crippen molar-refractivity contribution in [3.63, 3.8) is 0 Å². The number of aromatic nitrogens is 4. The van der Waals surface area contributed by atoms with Crippen molar-refractivity contribution in [3.05, 3.63) is 96.0 Å². The minimum absolute atomic E-state index is 0. The van der Waals surface area contributed by atoms with Gasteiger partial charge < -0.3 is 36.0 Å². The molecule has 8 rings (SSSR count). The van der Waals surface area contributed by atoms with E-state index in [0.29, 0.717) is 31.5 Å². The van der Waals surface area contributed by atoms with Crippen LogP contribution in [0.1, 0.15) is 168 Å². The van der Waals surface area contributed by atoms with Gasteiger partial charge in [0.2, 0.25) is 47.3 Å². The van der Waals surface area contributed by atoms with Crippen molar-refractivity contribution >= 4 is 70.1 Å². The highest BCUT2D eigenvalue weighted by Crippen LogP contribution is 2.44. The van der Waals surface area contributed by atoms with Crippen LogP contribution < -0.4 is 40.9 Å². The van der Waals surface area contributed by atoms with E-state index in [-0.39, 0.29) is 78.9 Å². The quantitative estimate of drug-likeness (QED) is 0.149. The summed E-state index contributed by atoms with van der Waals surface area (Å²) in [7, 11) is 6.49. The Morgan fingerprint density at radius 2 is 0.753 bits per heavy atom. The van der Waals surface area contributed by atoms with E-state index in [1.807, 2.05) is 147 Å². The fourth-order valence-electron chi connectivity index (χ4n) is 11.2. The molecule has 0 aliphatic carbocycles. The van der Waals surface area contributed by atoms with Gasteiger partial charge in [-0.3, -0.25) is 58.2 Å². The molecular formula is C65H104N12O8. The number of rotatable bonds is 4. The summed E-state index contributed by atoms with van der Waals surface area (Å²) in [6.07, 6.45) is 12.5. The monoisotopic (exact) mass is 1180 g/mol. The molecule has 4 aromatic rings. The summed E-state index contributed by atoms with van der Waals surface area (Å²) in [5.74, 6) is 0.145. The molecule has 8 amide bonds. The first-order chi connectivity index (χ1) is 39.7. The zero-order valence-electron chi connectivity index (χ0n) is 54.9. The molecule has 8 heterocycles. The van der Waals surface area contributed by atoms with Crippen LogP contribution in [0.15, 0.2) is 73.6 Å². The Kier molecular flexibility index (Phi) is 31.3. The van der Waals surface area contributed by atoms with E-state index >= 15 is 0 Å². The number of pyridine rings is 4. The van der Waals surface area contributed by atoms with Gasteiger partial charge in [0, 0.05) is 111 Å². The minimum atomic E-state index is -0.665. The second-order valence-electron chi connectivity index (χ2n) is 20.9. The van der Waals surface area contributed by atoms with Crippen LogP contribution in [0.25, 0.3) is 0 Å². The van der Waals surface area contributed by atoms with Crippen LogP contribution in [0.2, 0.25) is 0 Å². The molecule has 0 fully saturated rings. The number of fused-ring (bicyclic) bond motifs is 4. The van der Waals surface area contributed by atoms with Crippen molar-refractivity contribution in [1.82, 2.24) is 41.2 Å². The van der Waals surface area contributed by atoms with Crippen LogP contribution in [0, 0.1) is 21.7 Å². The van der Waals surface area contributed by atoms with E-state index in [4.69, 9.17) is 0 Å². The Hall–Kier alpha value is -7.64. The van der Waals surface area contributed by atoms with Crippen molar-refractivity contribution in [2.75, 3.05) is 47.8 Å². The fraction of sp³-hybridized carbons (Fsp3) is 0.569. The van der Waals surface area contributed by atoms with Crippen LogP contribution in [-0.4, -0.2) is 120 Å². The van der Waals surface area contributed by atoms with Gasteiger partial charge in [0.1, 0.15) is 5.82 Å².